The number of benzene rings is 1. The van der Waals surface area contributed by atoms with Crippen LogP contribution in [0.25, 0.3) is 0 Å². The maximum Gasteiger partial charge on any atom is 0.243 e. The Morgan fingerprint density at radius 3 is 2.54 bits per heavy atom. The molecular weight excluding hydrogens is 304 g/mol. The van der Waals surface area contributed by atoms with E-state index >= 15 is 0 Å². The first-order chi connectivity index (χ1) is 11.5. The first kappa shape index (κ1) is 17.0. The summed E-state index contributed by atoms with van der Waals surface area (Å²) in [5, 5.41) is 13.1. The fourth-order valence-electron chi connectivity index (χ4n) is 4.14. The van der Waals surface area contributed by atoms with Crippen LogP contribution in [0.5, 0.6) is 0 Å². The molecule has 0 aromatic heterocycles. The van der Waals surface area contributed by atoms with Crippen molar-refractivity contribution in [3.8, 4) is 0 Å². The topological polar surface area (TPSA) is 69.6 Å². The average Bonchev–Trinajstić information content (AvgIpc) is 3.15. The molecule has 130 valence electrons. The number of nitrogens with zero attached hydrogens (tertiary/aromatic N) is 1. The quantitative estimate of drug-likeness (QED) is 0.882. The molecule has 1 aromatic rings. The van der Waals surface area contributed by atoms with Crippen LogP contribution in [0.4, 0.5) is 0 Å². The molecule has 5 heteroatoms. The summed E-state index contributed by atoms with van der Waals surface area (Å²) in [6.07, 6.45) is 4.67. The molecular formula is C19H26N2O3. The molecule has 5 nitrogen and oxygen atoms in total. The predicted molar refractivity (Wildman–Crippen MR) is 91.3 cm³/mol. The summed E-state index contributed by atoms with van der Waals surface area (Å²) in [6.45, 7) is 1.70. The van der Waals surface area contributed by atoms with E-state index in [-0.39, 0.29) is 23.9 Å². The van der Waals surface area contributed by atoms with Crippen LogP contribution in [0.15, 0.2) is 30.3 Å². The summed E-state index contributed by atoms with van der Waals surface area (Å²) in [4.78, 5) is 26.1. The van der Waals surface area contributed by atoms with Gasteiger partial charge in [-0.25, -0.2) is 0 Å². The number of nitrogens with one attached hydrogen (secondary N) is 1. The smallest absolute Gasteiger partial charge is 0.243 e. The number of β-amino-alcohol motifs (C(OH)–C–C–N with tert-alkyl or cyclic N) is 1. The molecule has 1 saturated carbocycles. The normalized spacial score (nSPS) is 25.7. The highest BCUT2D eigenvalue weighted by molar-refractivity contribution is 5.88. The lowest BCUT2D eigenvalue weighted by Gasteiger charge is -2.33. The number of hydrogen-bond acceptors (Lipinski definition) is 3. The Hall–Kier alpha value is -1.88. The lowest BCUT2D eigenvalue weighted by Crippen LogP contribution is -2.54. The molecule has 2 amide bonds. The van der Waals surface area contributed by atoms with Crippen molar-refractivity contribution in [3.63, 3.8) is 0 Å². The molecule has 0 bridgehead atoms. The molecule has 0 unspecified atom stereocenters. The minimum atomic E-state index is -0.613. The van der Waals surface area contributed by atoms with E-state index in [1.54, 1.807) is 0 Å². The summed E-state index contributed by atoms with van der Waals surface area (Å²) in [6, 6.07) is 9.66. The van der Waals surface area contributed by atoms with Crippen molar-refractivity contribution >= 4 is 11.8 Å². The summed E-state index contributed by atoms with van der Waals surface area (Å²) >= 11 is 0. The van der Waals surface area contributed by atoms with E-state index in [0.717, 1.165) is 32.1 Å². The molecule has 2 atom stereocenters. The standard InChI is InChI=1S/C19H26N2O3/c1-14(22)21-13-16(23)11-17(21)18(24)20-19(9-5-6-10-19)12-15-7-3-2-4-8-15/h2-4,7-8,16-17,23H,5-6,9-13H2,1H3,(H,20,24)/t16-,17+/m0/s1. The monoisotopic (exact) mass is 330 g/mol. The van der Waals surface area contributed by atoms with Crippen LogP contribution in [-0.2, 0) is 16.0 Å². The first-order valence-corrected chi connectivity index (χ1v) is 8.80. The lowest BCUT2D eigenvalue weighted by atomic mass is 9.88. The van der Waals surface area contributed by atoms with Gasteiger partial charge in [-0.15, -0.1) is 0 Å². The molecule has 2 N–H and O–H groups in total. The van der Waals surface area contributed by atoms with E-state index in [4.69, 9.17) is 0 Å². The first-order valence-electron chi connectivity index (χ1n) is 8.80. The SMILES string of the molecule is CC(=O)N1C[C@@H](O)C[C@@H]1C(=O)NC1(Cc2ccccc2)CCCC1. The highest BCUT2D eigenvalue weighted by Gasteiger charge is 2.42. The predicted octanol–water partition coefficient (Wildman–Crippen LogP) is 1.64. The zero-order valence-corrected chi connectivity index (χ0v) is 14.2. The van der Waals surface area contributed by atoms with Gasteiger partial charge in [0.25, 0.3) is 0 Å². The molecule has 24 heavy (non-hydrogen) atoms. The number of likely N-dealkylation sites (tertiary alicyclic amines) is 1. The van der Waals surface area contributed by atoms with Crippen molar-refractivity contribution in [2.24, 2.45) is 0 Å². The Morgan fingerprint density at radius 1 is 1.25 bits per heavy atom. The van der Waals surface area contributed by atoms with Gasteiger partial charge in [0, 0.05) is 25.4 Å². The van der Waals surface area contributed by atoms with Gasteiger partial charge in [-0.1, -0.05) is 43.2 Å². The van der Waals surface area contributed by atoms with Crippen molar-refractivity contribution < 1.29 is 14.7 Å². The van der Waals surface area contributed by atoms with E-state index in [1.165, 1.54) is 17.4 Å². The summed E-state index contributed by atoms with van der Waals surface area (Å²) in [7, 11) is 0. The van der Waals surface area contributed by atoms with Crippen LogP contribution < -0.4 is 5.32 Å². The molecule has 0 spiro atoms. The van der Waals surface area contributed by atoms with Gasteiger partial charge in [0.2, 0.25) is 11.8 Å². The van der Waals surface area contributed by atoms with Crippen molar-refractivity contribution in [1.29, 1.82) is 0 Å². The van der Waals surface area contributed by atoms with Crippen LogP contribution in [0, 0.1) is 0 Å². The third kappa shape index (κ3) is 3.61. The summed E-state index contributed by atoms with van der Waals surface area (Å²) in [5.74, 6) is -0.283. The fourth-order valence-corrected chi connectivity index (χ4v) is 4.14. The Balaban J connectivity index is 1.73. The van der Waals surface area contributed by atoms with E-state index in [9.17, 15) is 14.7 Å². The van der Waals surface area contributed by atoms with Gasteiger partial charge in [0.05, 0.1) is 6.10 Å². The second-order valence-electron chi connectivity index (χ2n) is 7.22. The Morgan fingerprint density at radius 2 is 1.92 bits per heavy atom. The molecule has 1 aromatic carbocycles. The van der Waals surface area contributed by atoms with Gasteiger partial charge in [-0.05, 0) is 24.8 Å². The van der Waals surface area contributed by atoms with E-state index in [1.807, 2.05) is 18.2 Å². The lowest BCUT2D eigenvalue weighted by molar-refractivity contribution is -0.137. The number of aliphatic hydroxyl groups is 1. The van der Waals surface area contributed by atoms with Gasteiger partial charge in [-0.2, -0.15) is 0 Å². The van der Waals surface area contributed by atoms with Crippen molar-refractivity contribution in [1.82, 2.24) is 10.2 Å². The molecule has 0 radical (unpaired) electrons. The van der Waals surface area contributed by atoms with E-state index in [2.05, 4.69) is 17.4 Å². The highest BCUT2D eigenvalue weighted by Crippen LogP contribution is 2.33. The minimum absolute atomic E-state index is 0.125. The van der Waals surface area contributed by atoms with E-state index < -0.39 is 12.1 Å². The van der Waals surface area contributed by atoms with Gasteiger partial charge in [0.15, 0.2) is 0 Å². The molecule has 1 aliphatic carbocycles. The zero-order chi connectivity index (χ0) is 17.2. The van der Waals surface area contributed by atoms with E-state index in [0.29, 0.717) is 6.42 Å². The summed E-state index contributed by atoms with van der Waals surface area (Å²) in [5.41, 5.74) is 0.989. The molecule has 1 saturated heterocycles. The Kier molecular flexibility index (Phi) is 4.90. The second-order valence-corrected chi connectivity index (χ2v) is 7.22. The van der Waals surface area contributed by atoms with Crippen LogP contribution >= 0.6 is 0 Å². The van der Waals surface area contributed by atoms with Crippen LogP contribution in [0.2, 0.25) is 0 Å². The number of carbonyl (C=O) groups excluding carboxylic acids is 2. The van der Waals surface area contributed by atoms with Crippen molar-refractivity contribution in [3.05, 3.63) is 35.9 Å². The minimum Gasteiger partial charge on any atom is -0.391 e. The Bertz CT molecular complexity index is 596. The fraction of sp³-hybridized carbons (Fsp3) is 0.579. The molecule has 1 heterocycles. The summed E-state index contributed by atoms with van der Waals surface area (Å²) < 4.78 is 0. The zero-order valence-electron chi connectivity index (χ0n) is 14.2. The van der Waals surface area contributed by atoms with Crippen molar-refractivity contribution in [2.45, 2.75) is 63.1 Å². The maximum absolute atomic E-state index is 12.8. The van der Waals surface area contributed by atoms with Crippen LogP contribution in [-0.4, -0.2) is 46.1 Å². The van der Waals surface area contributed by atoms with Crippen LogP contribution in [0.3, 0.4) is 0 Å². The number of hydrogen-bond donors (Lipinski definition) is 2. The molecule has 2 aliphatic rings. The maximum atomic E-state index is 12.8. The number of rotatable bonds is 4. The van der Waals surface area contributed by atoms with Gasteiger partial charge < -0.3 is 15.3 Å². The van der Waals surface area contributed by atoms with Crippen molar-refractivity contribution in [2.75, 3.05) is 6.54 Å². The van der Waals surface area contributed by atoms with Crippen LogP contribution in [0.1, 0.15) is 44.6 Å². The van der Waals surface area contributed by atoms with Gasteiger partial charge in [0.1, 0.15) is 6.04 Å². The second kappa shape index (κ2) is 6.93. The molecule has 2 fully saturated rings. The van der Waals surface area contributed by atoms with Gasteiger partial charge in [-0.3, -0.25) is 9.59 Å². The van der Waals surface area contributed by atoms with Gasteiger partial charge >= 0.3 is 0 Å². The highest BCUT2D eigenvalue weighted by atomic mass is 16.3. The largest absolute Gasteiger partial charge is 0.391 e. The Labute approximate surface area is 143 Å². The third-order valence-electron chi connectivity index (χ3n) is 5.32. The third-order valence-corrected chi connectivity index (χ3v) is 5.32. The molecule has 3 rings (SSSR count). The number of carbonyl (C=O) groups is 2. The number of aliphatic hydroxyl groups excluding tert-OH is 1. The molecule has 1 aliphatic heterocycles. The average molecular weight is 330 g/mol. The number of amides is 2.